The van der Waals surface area contributed by atoms with Crippen molar-refractivity contribution in [1.29, 1.82) is 0 Å². The molecule has 0 spiro atoms. The van der Waals surface area contributed by atoms with Gasteiger partial charge in [-0.25, -0.2) is 5.06 Å². The number of carbonyl (C=O) groups is 1. The maximum absolute atomic E-state index is 11.2. The minimum Gasteiger partial charge on any atom is -0.319 e. The lowest BCUT2D eigenvalue weighted by Crippen LogP contribution is -2.19. The average molecular weight is 270 g/mol. The van der Waals surface area contributed by atoms with Crippen LogP contribution in [0.15, 0.2) is 42.5 Å². The van der Waals surface area contributed by atoms with Crippen LogP contribution in [0.5, 0.6) is 0 Å². The molecule has 0 saturated heterocycles. The summed E-state index contributed by atoms with van der Waals surface area (Å²) in [5.74, 6) is -0.453. The number of rotatable bonds is 3. The Balaban J connectivity index is 2.21. The van der Waals surface area contributed by atoms with E-state index < -0.39 is 5.91 Å². The number of benzene rings is 1. The number of nitrogens with zero attached hydrogens (tertiary/aromatic N) is 2. The number of aryl methyl sites for hydroxylation is 2. The van der Waals surface area contributed by atoms with Crippen molar-refractivity contribution in [3.05, 3.63) is 59.4 Å². The third kappa shape index (κ3) is 2.97. The fourth-order valence-corrected chi connectivity index (χ4v) is 2.09. The molecule has 0 aliphatic heterocycles. The van der Waals surface area contributed by atoms with Crippen molar-refractivity contribution in [3.63, 3.8) is 0 Å². The highest BCUT2D eigenvalue weighted by Crippen LogP contribution is 2.17. The highest BCUT2D eigenvalue weighted by molar-refractivity contribution is 5.90. The number of aromatic nitrogens is 1. The minimum atomic E-state index is -0.453. The second-order valence-corrected chi connectivity index (χ2v) is 4.74. The molecule has 104 valence electrons. The Morgan fingerprint density at radius 3 is 2.15 bits per heavy atom. The summed E-state index contributed by atoms with van der Waals surface area (Å²) >= 11 is 0. The molecule has 0 atom stereocenters. The Labute approximate surface area is 118 Å². The van der Waals surface area contributed by atoms with Crippen molar-refractivity contribution >= 4 is 12.0 Å². The van der Waals surface area contributed by atoms with E-state index >= 15 is 0 Å². The average Bonchev–Trinajstić information content (AvgIpc) is 2.76. The summed E-state index contributed by atoms with van der Waals surface area (Å²) in [7, 11) is 1.30. The molecule has 1 aromatic heterocycles. The Morgan fingerprint density at radius 1 is 1.10 bits per heavy atom. The van der Waals surface area contributed by atoms with Crippen LogP contribution in [0.25, 0.3) is 11.8 Å². The Bertz CT molecular complexity index is 617. The molecular formula is C16H18N2O2. The molecule has 4 nitrogen and oxygen atoms in total. The van der Waals surface area contributed by atoms with Gasteiger partial charge in [0.25, 0.3) is 5.91 Å². The van der Waals surface area contributed by atoms with Crippen molar-refractivity contribution < 1.29 is 10.0 Å². The van der Waals surface area contributed by atoms with E-state index in [0.29, 0.717) is 5.06 Å². The van der Waals surface area contributed by atoms with E-state index in [2.05, 4.69) is 30.5 Å². The van der Waals surface area contributed by atoms with Crippen LogP contribution in [0.3, 0.4) is 0 Å². The molecule has 1 aromatic carbocycles. The summed E-state index contributed by atoms with van der Waals surface area (Å²) in [4.78, 5) is 11.2. The second-order valence-electron chi connectivity index (χ2n) is 4.74. The van der Waals surface area contributed by atoms with Gasteiger partial charge in [0.1, 0.15) is 0 Å². The molecule has 0 radical (unpaired) electrons. The van der Waals surface area contributed by atoms with Crippen LogP contribution in [0.4, 0.5) is 0 Å². The predicted octanol–water partition coefficient (Wildman–Crippen LogP) is 2.95. The van der Waals surface area contributed by atoms with Crippen LogP contribution in [-0.4, -0.2) is 27.8 Å². The molecule has 1 N–H and O–H groups in total. The van der Waals surface area contributed by atoms with Crippen LogP contribution in [0.1, 0.15) is 17.0 Å². The largest absolute Gasteiger partial charge is 0.319 e. The minimum absolute atomic E-state index is 0.453. The fourth-order valence-electron chi connectivity index (χ4n) is 2.09. The maximum Gasteiger partial charge on any atom is 0.269 e. The standard InChI is InChI=1S/C16H18N2O2/c1-12-4-5-13(2)18(12)15-9-6-14(7-10-15)8-11-16(19)17(3)20/h4-11,20H,1-3H3. The monoisotopic (exact) mass is 270 g/mol. The zero-order chi connectivity index (χ0) is 14.7. The van der Waals surface area contributed by atoms with Crippen molar-refractivity contribution in [2.24, 2.45) is 0 Å². The molecule has 4 heteroatoms. The van der Waals surface area contributed by atoms with Gasteiger partial charge < -0.3 is 4.57 Å². The van der Waals surface area contributed by atoms with Crippen LogP contribution in [0, 0.1) is 13.8 Å². The smallest absolute Gasteiger partial charge is 0.269 e. The molecule has 0 aliphatic rings. The molecule has 20 heavy (non-hydrogen) atoms. The molecule has 0 fully saturated rings. The lowest BCUT2D eigenvalue weighted by molar-refractivity contribution is -0.153. The summed E-state index contributed by atoms with van der Waals surface area (Å²) in [5, 5.41) is 9.51. The van der Waals surface area contributed by atoms with E-state index in [4.69, 9.17) is 5.21 Å². The van der Waals surface area contributed by atoms with Crippen LogP contribution in [0.2, 0.25) is 0 Å². The normalized spacial score (nSPS) is 11.0. The van der Waals surface area contributed by atoms with Gasteiger partial charge in [-0.1, -0.05) is 12.1 Å². The molecule has 2 rings (SSSR count). The molecule has 0 saturated carbocycles. The van der Waals surface area contributed by atoms with Crippen molar-refractivity contribution in [3.8, 4) is 5.69 Å². The number of likely N-dealkylation sites (N-methyl/N-ethyl adjacent to an activating group) is 1. The van der Waals surface area contributed by atoms with Gasteiger partial charge in [-0.05, 0) is 49.8 Å². The molecule has 0 aliphatic carbocycles. The Morgan fingerprint density at radius 2 is 1.65 bits per heavy atom. The first kappa shape index (κ1) is 14.1. The summed E-state index contributed by atoms with van der Waals surface area (Å²) < 4.78 is 2.17. The second kappa shape index (κ2) is 5.75. The maximum atomic E-state index is 11.2. The number of hydrogen-bond donors (Lipinski definition) is 1. The first-order valence-electron chi connectivity index (χ1n) is 6.39. The number of amides is 1. The lowest BCUT2D eigenvalue weighted by Gasteiger charge is -2.09. The first-order chi connectivity index (χ1) is 9.49. The SMILES string of the molecule is Cc1ccc(C)n1-c1ccc(C=CC(=O)N(C)O)cc1. The molecule has 0 bridgehead atoms. The number of hydroxylamine groups is 2. The Kier molecular flexibility index (Phi) is 4.05. The quantitative estimate of drug-likeness (QED) is 0.529. The van der Waals surface area contributed by atoms with Gasteiger partial charge in [-0.15, -0.1) is 0 Å². The summed E-state index contributed by atoms with van der Waals surface area (Å²) in [6, 6.07) is 12.1. The highest BCUT2D eigenvalue weighted by atomic mass is 16.5. The third-order valence-corrected chi connectivity index (χ3v) is 3.16. The van der Waals surface area contributed by atoms with Crippen LogP contribution in [-0.2, 0) is 4.79 Å². The number of hydrogen-bond acceptors (Lipinski definition) is 2. The van der Waals surface area contributed by atoms with Crippen molar-refractivity contribution in [2.75, 3.05) is 7.05 Å². The van der Waals surface area contributed by atoms with E-state index in [-0.39, 0.29) is 0 Å². The van der Waals surface area contributed by atoms with E-state index in [9.17, 15) is 4.79 Å². The van der Waals surface area contributed by atoms with Gasteiger partial charge in [-0.2, -0.15) is 0 Å². The molecular weight excluding hydrogens is 252 g/mol. The zero-order valence-electron chi connectivity index (χ0n) is 11.9. The molecule has 2 aromatic rings. The molecule has 1 amide bonds. The van der Waals surface area contributed by atoms with Crippen molar-refractivity contribution in [2.45, 2.75) is 13.8 Å². The predicted molar refractivity (Wildman–Crippen MR) is 78.8 cm³/mol. The van der Waals surface area contributed by atoms with Gasteiger partial charge in [-0.3, -0.25) is 10.0 Å². The van der Waals surface area contributed by atoms with Crippen LogP contribution < -0.4 is 0 Å². The van der Waals surface area contributed by atoms with Crippen molar-refractivity contribution in [1.82, 2.24) is 9.63 Å². The van der Waals surface area contributed by atoms with E-state index in [1.54, 1.807) is 6.08 Å². The molecule has 1 heterocycles. The topological polar surface area (TPSA) is 45.5 Å². The fraction of sp³-hybridized carbons (Fsp3) is 0.188. The van der Waals surface area contributed by atoms with Gasteiger partial charge in [0.2, 0.25) is 0 Å². The van der Waals surface area contributed by atoms with E-state index in [0.717, 1.165) is 11.3 Å². The lowest BCUT2D eigenvalue weighted by atomic mass is 10.2. The van der Waals surface area contributed by atoms with Crippen LogP contribution >= 0.6 is 0 Å². The van der Waals surface area contributed by atoms with Gasteiger partial charge in [0, 0.05) is 30.2 Å². The summed E-state index contributed by atoms with van der Waals surface area (Å²) in [6.07, 6.45) is 3.01. The van der Waals surface area contributed by atoms with E-state index in [1.807, 2.05) is 24.3 Å². The molecule has 0 unspecified atom stereocenters. The summed E-state index contributed by atoms with van der Waals surface area (Å²) in [6.45, 7) is 4.13. The van der Waals surface area contributed by atoms with E-state index in [1.165, 1.54) is 24.5 Å². The Hall–Kier alpha value is -2.33. The van der Waals surface area contributed by atoms with Gasteiger partial charge in [0.15, 0.2) is 0 Å². The number of carbonyl (C=O) groups excluding carboxylic acids is 1. The highest BCUT2D eigenvalue weighted by Gasteiger charge is 2.03. The van der Waals surface area contributed by atoms with Gasteiger partial charge >= 0.3 is 0 Å². The van der Waals surface area contributed by atoms with Gasteiger partial charge in [0.05, 0.1) is 0 Å². The summed E-state index contributed by atoms with van der Waals surface area (Å²) in [5.41, 5.74) is 4.37. The zero-order valence-corrected chi connectivity index (χ0v) is 11.9. The third-order valence-electron chi connectivity index (χ3n) is 3.16. The first-order valence-corrected chi connectivity index (χ1v) is 6.39.